The molecule has 18 heavy (non-hydrogen) atoms. The van der Waals surface area contributed by atoms with Crippen LogP contribution in [0.3, 0.4) is 0 Å². The van der Waals surface area contributed by atoms with Crippen LogP contribution in [0, 0.1) is 18.8 Å². The summed E-state index contributed by atoms with van der Waals surface area (Å²) in [5.74, 6) is 1.73. The van der Waals surface area contributed by atoms with Gasteiger partial charge >= 0.3 is 0 Å². The van der Waals surface area contributed by atoms with Crippen LogP contribution in [0.4, 0.5) is 0 Å². The number of nitrogens with one attached hydrogen (secondary N) is 1. The molecule has 1 aromatic rings. The summed E-state index contributed by atoms with van der Waals surface area (Å²) in [4.78, 5) is 0. The molecule has 2 rings (SSSR count). The third kappa shape index (κ3) is 2.47. The van der Waals surface area contributed by atoms with Gasteiger partial charge in [-0.05, 0) is 49.3 Å². The molecule has 0 saturated heterocycles. The van der Waals surface area contributed by atoms with Crippen molar-refractivity contribution in [3.05, 3.63) is 35.4 Å². The van der Waals surface area contributed by atoms with Gasteiger partial charge in [0, 0.05) is 12.0 Å². The minimum atomic E-state index is 0.399. The molecule has 0 amide bonds. The Kier molecular flexibility index (Phi) is 4.11. The number of likely N-dealkylation sites (N-methyl/N-ethyl adjacent to an activating group) is 1. The summed E-state index contributed by atoms with van der Waals surface area (Å²) in [5, 5.41) is 3.58. The third-order valence-corrected chi connectivity index (χ3v) is 4.68. The van der Waals surface area contributed by atoms with Crippen LogP contribution in [0.25, 0.3) is 0 Å². The van der Waals surface area contributed by atoms with Gasteiger partial charge in [0.2, 0.25) is 0 Å². The van der Waals surface area contributed by atoms with E-state index in [1.165, 1.54) is 18.4 Å². The lowest BCUT2D eigenvalue weighted by Crippen LogP contribution is -2.50. The van der Waals surface area contributed by atoms with Gasteiger partial charge in [-0.25, -0.2) is 0 Å². The molecule has 0 aliphatic heterocycles. The fraction of sp³-hybridized carbons (Fsp3) is 0.647. The second-order valence-corrected chi connectivity index (χ2v) is 6.29. The standard InChI is InChI=1S/C17H27N/c1-5-18-12-17(10-15(11-17)13(2)3)16-9-7-6-8-14(16)4/h6-9,13,15,18H,5,10-12H2,1-4H3. The van der Waals surface area contributed by atoms with Crippen LogP contribution < -0.4 is 5.32 Å². The summed E-state index contributed by atoms with van der Waals surface area (Å²) >= 11 is 0. The molecule has 1 aliphatic carbocycles. The fourth-order valence-corrected chi connectivity index (χ4v) is 3.41. The summed E-state index contributed by atoms with van der Waals surface area (Å²) < 4.78 is 0. The zero-order chi connectivity index (χ0) is 13.2. The highest BCUT2D eigenvalue weighted by atomic mass is 14.9. The molecule has 1 nitrogen and oxygen atoms in total. The van der Waals surface area contributed by atoms with Crippen molar-refractivity contribution in [1.29, 1.82) is 0 Å². The molecule has 1 heteroatoms. The second-order valence-electron chi connectivity index (χ2n) is 6.29. The van der Waals surface area contributed by atoms with E-state index in [9.17, 15) is 0 Å². The van der Waals surface area contributed by atoms with Crippen molar-refractivity contribution in [2.24, 2.45) is 11.8 Å². The Morgan fingerprint density at radius 1 is 1.28 bits per heavy atom. The predicted molar refractivity (Wildman–Crippen MR) is 79.0 cm³/mol. The third-order valence-electron chi connectivity index (χ3n) is 4.68. The van der Waals surface area contributed by atoms with Gasteiger partial charge in [-0.2, -0.15) is 0 Å². The second kappa shape index (κ2) is 5.44. The van der Waals surface area contributed by atoms with Crippen LogP contribution in [0.15, 0.2) is 24.3 Å². The van der Waals surface area contributed by atoms with E-state index in [4.69, 9.17) is 0 Å². The van der Waals surface area contributed by atoms with Crippen LogP contribution in [-0.2, 0) is 5.41 Å². The summed E-state index contributed by atoms with van der Waals surface area (Å²) in [6, 6.07) is 8.94. The van der Waals surface area contributed by atoms with Crippen LogP contribution in [0.1, 0.15) is 44.7 Å². The monoisotopic (exact) mass is 245 g/mol. The molecule has 0 spiro atoms. The Balaban J connectivity index is 2.20. The fourth-order valence-electron chi connectivity index (χ4n) is 3.41. The van der Waals surface area contributed by atoms with Crippen molar-refractivity contribution >= 4 is 0 Å². The highest BCUT2D eigenvalue weighted by Crippen LogP contribution is 2.51. The molecule has 1 N–H and O–H groups in total. The van der Waals surface area contributed by atoms with Crippen molar-refractivity contribution in [2.45, 2.75) is 46.0 Å². The minimum Gasteiger partial charge on any atom is -0.316 e. The Labute approximate surface area is 112 Å². The lowest BCUT2D eigenvalue weighted by atomic mass is 9.55. The number of hydrogen-bond acceptors (Lipinski definition) is 1. The van der Waals surface area contributed by atoms with Gasteiger partial charge in [0.1, 0.15) is 0 Å². The zero-order valence-corrected chi connectivity index (χ0v) is 12.3. The zero-order valence-electron chi connectivity index (χ0n) is 12.3. The van der Waals surface area contributed by atoms with E-state index in [0.29, 0.717) is 5.41 Å². The van der Waals surface area contributed by atoms with E-state index in [2.05, 4.69) is 57.3 Å². The SMILES string of the molecule is CCNCC1(c2ccccc2C)CC(C(C)C)C1. The Morgan fingerprint density at radius 3 is 2.50 bits per heavy atom. The Morgan fingerprint density at radius 2 is 1.94 bits per heavy atom. The molecule has 0 aromatic heterocycles. The van der Waals surface area contributed by atoms with Crippen LogP contribution >= 0.6 is 0 Å². The van der Waals surface area contributed by atoms with Gasteiger partial charge in [0.25, 0.3) is 0 Å². The van der Waals surface area contributed by atoms with Gasteiger partial charge < -0.3 is 5.32 Å². The van der Waals surface area contributed by atoms with Crippen LogP contribution in [-0.4, -0.2) is 13.1 Å². The lowest BCUT2D eigenvalue weighted by Gasteiger charge is -2.51. The van der Waals surface area contributed by atoms with Gasteiger partial charge in [-0.1, -0.05) is 45.0 Å². The van der Waals surface area contributed by atoms with Crippen LogP contribution in [0.2, 0.25) is 0 Å². The molecular formula is C17H27N. The smallest absolute Gasteiger partial charge is 0.00858 e. The van der Waals surface area contributed by atoms with E-state index < -0.39 is 0 Å². The van der Waals surface area contributed by atoms with Gasteiger partial charge in [0.05, 0.1) is 0 Å². The first-order chi connectivity index (χ1) is 8.59. The minimum absolute atomic E-state index is 0.399. The largest absolute Gasteiger partial charge is 0.316 e. The van der Waals surface area contributed by atoms with E-state index in [-0.39, 0.29) is 0 Å². The van der Waals surface area contributed by atoms with Crippen molar-refractivity contribution < 1.29 is 0 Å². The first kappa shape index (κ1) is 13.6. The first-order valence-electron chi connectivity index (χ1n) is 7.36. The van der Waals surface area contributed by atoms with Gasteiger partial charge in [-0.15, -0.1) is 0 Å². The van der Waals surface area contributed by atoms with E-state index >= 15 is 0 Å². The average Bonchev–Trinajstić information content (AvgIpc) is 2.29. The summed E-state index contributed by atoms with van der Waals surface area (Å²) in [6.07, 6.45) is 2.70. The summed E-state index contributed by atoms with van der Waals surface area (Å²) in [7, 11) is 0. The van der Waals surface area contributed by atoms with Crippen molar-refractivity contribution in [3.63, 3.8) is 0 Å². The molecular weight excluding hydrogens is 218 g/mol. The molecule has 1 aromatic carbocycles. The molecule has 1 fully saturated rings. The van der Waals surface area contributed by atoms with Crippen LogP contribution in [0.5, 0.6) is 0 Å². The number of hydrogen-bond donors (Lipinski definition) is 1. The Bertz CT molecular complexity index is 388. The molecule has 1 aliphatic rings. The first-order valence-corrected chi connectivity index (χ1v) is 7.36. The predicted octanol–water partition coefficient (Wildman–Crippen LogP) is 3.91. The van der Waals surface area contributed by atoms with Crippen molar-refractivity contribution in [2.75, 3.05) is 13.1 Å². The van der Waals surface area contributed by atoms with Crippen molar-refractivity contribution in [1.82, 2.24) is 5.32 Å². The highest BCUT2D eigenvalue weighted by Gasteiger charge is 2.46. The Hall–Kier alpha value is -0.820. The number of rotatable bonds is 5. The molecule has 0 atom stereocenters. The molecule has 100 valence electrons. The maximum Gasteiger partial charge on any atom is 0.00858 e. The number of benzene rings is 1. The van der Waals surface area contributed by atoms with Gasteiger partial charge in [0.15, 0.2) is 0 Å². The van der Waals surface area contributed by atoms with E-state index in [1.807, 2.05) is 0 Å². The lowest BCUT2D eigenvalue weighted by molar-refractivity contribution is 0.0977. The summed E-state index contributed by atoms with van der Waals surface area (Å²) in [5.41, 5.74) is 3.43. The summed E-state index contributed by atoms with van der Waals surface area (Å²) in [6.45, 7) is 11.4. The molecule has 1 saturated carbocycles. The molecule has 0 radical (unpaired) electrons. The molecule has 0 unspecified atom stereocenters. The average molecular weight is 245 g/mol. The number of aryl methyl sites for hydroxylation is 1. The normalized spacial score (nSPS) is 27.3. The topological polar surface area (TPSA) is 12.0 Å². The maximum atomic E-state index is 3.58. The van der Waals surface area contributed by atoms with Gasteiger partial charge in [-0.3, -0.25) is 0 Å². The van der Waals surface area contributed by atoms with E-state index in [1.54, 1.807) is 5.56 Å². The van der Waals surface area contributed by atoms with Crippen molar-refractivity contribution in [3.8, 4) is 0 Å². The van der Waals surface area contributed by atoms with E-state index in [0.717, 1.165) is 24.9 Å². The quantitative estimate of drug-likeness (QED) is 0.829. The molecule has 0 heterocycles. The maximum absolute atomic E-state index is 3.58. The molecule has 0 bridgehead atoms. The highest BCUT2D eigenvalue weighted by molar-refractivity contribution is 5.36.